The number of rotatable bonds is 15. The van der Waals surface area contributed by atoms with Gasteiger partial charge in [0.05, 0.1) is 31.4 Å². The molecule has 0 spiro atoms. The Morgan fingerprint density at radius 3 is 2.23 bits per heavy atom. The molecule has 0 unspecified atom stereocenters. The largest absolute Gasteiger partial charge is 0.494 e. The van der Waals surface area contributed by atoms with Crippen LogP contribution in [-0.2, 0) is 26.2 Å². The van der Waals surface area contributed by atoms with E-state index >= 15 is 0 Å². The third-order valence-electron chi connectivity index (χ3n) is 8.29. The molecule has 0 saturated heterocycles. The van der Waals surface area contributed by atoms with E-state index < -0.39 is 28.5 Å². The van der Waals surface area contributed by atoms with Crippen LogP contribution >= 0.6 is 11.6 Å². The molecule has 1 aliphatic carbocycles. The number of carbonyl (C=O) groups excluding carboxylic acids is 2. The van der Waals surface area contributed by atoms with Crippen LogP contribution in [0.4, 0.5) is 5.69 Å². The number of nitrogens with zero attached hydrogens (tertiary/aromatic N) is 2. The summed E-state index contributed by atoms with van der Waals surface area (Å²) in [5.41, 5.74) is 0.885. The minimum absolute atomic E-state index is 0.0165. The summed E-state index contributed by atoms with van der Waals surface area (Å²) in [4.78, 5) is 29.5. The Labute approximate surface area is 283 Å². The minimum atomic E-state index is -4.34. The summed E-state index contributed by atoms with van der Waals surface area (Å²) >= 11 is 6.53. The summed E-state index contributed by atoms with van der Waals surface area (Å²) in [7, 11) is -1.47. The van der Waals surface area contributed by atoms with Crippen LogP contribution in [0.3, 0.4) is 0 Å². The number of benzene rings is 3. The number of nitrogens with one attached hydrogen (secondary N) is 1. The normalized spacial score (nSPS) is 14.1. The Bertz CT molecular complexity index is 1610. The van der Waals surface area contributed by atoms with Crippen LogP contribution in [0.1, 0.15) is 57.9 Å². The fourth-order valence-corrected chi connectivity index (χ4v) is 7.41. The molecule has 4 rings (SSSR count). The molecular weight excluding hydrogens is 642 g/mol. The third-order valence-corrected chi connectivity index (χ3v) is 10.4. The molecule has 12 heteroatoms. The first-order valence-electron chi connectivity index (χ1n) is 15.9. The maximum atomic E-state index is 14.4. The molecule has 0 aliphatic heterocycles. The topological polar surface area (TPSA) is 114 Å². The Morgan fingerprint density at radius 2 is 1.62 bits per heavy atom. The Balaban J connectivity index is 1.75. The molecule has 3 aromatic rings. The van der Waals surface area contributed by atoms with Crippen LogP contribution in [0, 0.1) is 0 Å². The highest BCUT2D eigenvalue weighted by atomic mass is 35.5. The van der Waals surface area contributed by atoms with E-state index in [2.05, 4.69) is 5.32 Å². The van der Waals surface area contributed by atoms with Crippen molar-refractivity contribution in [2.45, 2.75) is 75.9 Å². The van der Waals surface area contributed by atoms with E-state index in [1.165, 1.54) is 37.3 Å². The lowest BCUT2D eigenvalue weighted by Crippen LogP contribution is -2.54. The third kappa shape index (κ3) is 8.90. The van der Waals surface area contributed by atoms with Gasteiger partial charge in [0, 0.05) is 23.7 Å². The SMILES string of the molecule is CCOc1ccc(N(CC(=O)N(Cc2ccccc2Cl)[C@H](CC)C(=O)NC2CCCCC2)S(=O)(=O)c2ccc(OC)c(OC)c2)cc1. The van der Waals surface area contributed by atoms with Gasteiger partial charge in [0.2, 0.25) is 11.8 Å². The molecule has 10 nitrogen and oxygen atoms in total. The summed E-state index contributed by atoms with van der Waals surface area (Å²) in [6.45, 7) is 3.56. The standard InChI is InChI=1S/C35H44ClN3O7S/c1-5-31(35(41)37-26-13-8-7-9-14-26)38(23-25-12-10-11-15-30(25)36)34(40)24-39(27-16-18-28(19-17-27)46-6-2)47(42,43)29-20-21-32(44-3)33(22-29)45-4/h10-12,15-22,26,31H,5-9,13-14,23-24H2,1-4H3,(H,37,41)/t31-/m1/s1. The second-order valence-electron chi connectivity index (χ2n) is 11.3. The molecule has 0 bridgehead atoms. The van der Waals surface area contributed by atoms with E-state index in [-0.39, 0.29) is 34.8 Å². The molecule has 254 valence electrons. The van der Waals surface area contributed by atoms with Gasteiger partial charge in [0.1, 0.15) is 18.3 Å². The zero-order valence-corrected chi connectivity index (χ0v) is 29.0. The highest BCUT2D eigenvalue weighted by molar-refractivity contribution is 7.92. The van der Waals surface area contributed by atoms with Gasteiger partial charge in [0.15, 0.2) is 11.5 Å². The first kappa shape index (κ1) is 35.9. The van der Waals surface area contributed by atoms with Gasteiger partial charge < -0.3 is 24.4 Å². The summed E-state index contributed by atoms with van der Waals surface area (Å²) in [5, 5.41) is 3.59. The van der Waals surface area contributed by atoms with Gasteiger partial charge in [-0.2, -0.15) is 0 Å². The van der Waals surface area contributed by atoms with Gasteiger partial charge in [-0.3, -0.25) is 13.9 Å². The Hall–Kier alpha value is -3.96. The second-order valence-corrected chi connectivity index (χ2v) is 13.6. The molecule has 3 aromatic carbocycles. The van der Waals surface area contributed by atoms with E-state index in [1.807, 2.05) is 13.8 Å². The van der Waals surface area contributed by atoms with Crippen molar-refractivity contribution in [3.8, 4) is 17.2 Å². The first-order chi connectivity index (χ1) is 22.6. The average Bonchev–Trinajstić information content (AvgIpc) is 3.08. The predicted octanol–water partition coefficient (Wildman–Crippen LogP) is 6.21. The Morgan fingerprint density at radius 1 is 0.936 bits per heavy atom. The van der Waals surface area contributed by atoms with Gasteiger partial charge >= 0.3 is 0 Å². The number of hydrogen-bond acceptors (Lipinski definition) is 7. The van der Waals surface area contributed by atoms with Gasteiger partial charge in [-0.1, -0.05) is 56.0 Å². The summed E-state index contributed by atoms with van der Waals surface area (Å²) in [5.74, 6) is 0.300. The number of amides is 2. The highest BCUT2D eigenvalue weighted by Gasteiger charge is 2.35. The van der Waals surface area contributed by atoms with E-state index in [1.54, 1.807) is 48.5 Å². The van der Waals surface area contributed by atoms with Gasteiger partial charge in [-0.05, 0) is 74.2 Å². The molecule has 0 heterocycles. The van der Waals surface area contributed by atoms with Crippen molar-refractivity contribution in [3.63, 3.8) is 0 Å². The minimum Gasteiger partial charge on any atom is -0.494 e. The summed E-state index contributed by atoms with van der Waals surface area (Å²) < 4.78 is 46.0. The monoisotopic (exact) mass is 685 g/mol. The lowest BCUT2D eigenvalue weighted by Gasteiger charge is -2.34. The molecule has 2 amide bonds. The van der Waals surface area contributed by atoms with Crippen molar-refractivity contribution in [2.75, 3.05) is 31.7 Å². The van der Waals surface area contributed by atoms with Crippen LogP contribution in [0.25, 0.3) is 0 Å². The Kier molecular flexibility index (Phi) is 12.8. The maximum absolute atomic E-state index is 14.4. The van der Waals surface area contributed by atoms with Gasteiger partial charge in [-0.15, -0.1) is 0 Å². The first-order valence-corrected chi connectivity index (χ1v) is 17.8. The molecule has 47 heavy (non-hydrogen) atoms. The molecule has 1 N–H and O–H groups in total. The van der Waals surface area contributed by atoms with Crippen molar-refractivity contribution >= 4 is 39.1 Å². The van der Waals surface area contributed by atoms with E-state index in [0.29, 0.717) is 35.1 Å². The molecule has 0 aromatic heterocycles. The van der Waals surface area contributed by atoms with Crippen molar-refractivity contribution in [1.29, 1.82) is 0 Å². The number of ether oxygens (including phenoxy) is 3. The highest BCUT2D eigenvalue weighted by Crippen LogP contribution is 2.33. The number of carbonyl (C=O) groups is 2. The molecule has 1 aliphatic rings. The fraction of sp³-hybridized carbons (Fsp3) is 0.429. The van der Waals surface area contributed by atoms with Gasteiger partial charge in [0.25, 0.3) is 10.0 Å². The lowest BCUT2D eigenvalue weighted by atomic mass is 9.95. The van der Waals surface area contributed by atoms with Gasteiger partial charge in [-0.25, -0.2) is 8.42 Å². The van der Waals surface area contributed by atoms with Crippen LogP contribution in [-0.4, -0.2) is 64.6 Å². The smallest absolute Gasteiger partial charge is 0.264 e. The average molecular weight is 686 g/mol. The zero-order valence-electron chi connectivity index (χ0n) is 27.4. The molecule has 0 radical (unpaired) electrons. The predicted molar refractivity (Wildman–Crippen MR) is 183 cm³/mol. The number of anilines is 1. The molecule has 1 atom stereocenters. The van der Waals surface area contributed by atoms with Crippen LogP contribution in [0.15, 0.2) is 71.6 Å². The zero-order chi connectivity index (χ0) is 34.0. The molecular formula is C35H44ClN3O7S. The maximum Gasteiger partial charge on any atom is 0.264 e. The van der Waals surface area contributed by atoms with Crippen molar-refractivity contribution in [3.05, 3.63) is 77.3 Å². The summed E-state index contributed by atoms with van der Waals surface area (Å²) in [6.07, 6.45) is 5.30. The fourth-order valence-electron chi connectivity index (χ4n) is 5.78. The van der Waals surface area contributed by atoms with Crippen LogP contribution in [0.2, 0.25) is 5.02 Å². The van der Waals surface area contributed by atoms with E-state index in [9.17, 15) is 18.0 Å². The summed E-state index contributed by atoms with van der Waals surface area (Å²) in [6, 6.07) is 17.0. The lowest BCUT2D eigenvalue weighted by molar-refractivity contribution is -0.140. The van der Waals surface area contributed by atoms with Crippen molar-refractivity contribution < 1.29 is 32.2 Å². The second kappa shape index (κ2) is 16.7. The quantitative estimate of drug-likeness (QED) is 0.202. The van der Waals surface area contributed by atoms with Crippen molar-refractivity contribution in [2.24, 2.45) is 0 Å². The molecule has 1 fully saturated rings. The van der Waals surface area contributed by atoms with Crippen LogP contribution < -0.4 is 23.8 Å². The van der Waals surface area contributed by atoms with E-state index in [0.717, 1.165) is 36.4 Å². The number of halogens is 1. The van der Waals surface area contributed by atoms with Crippen molar-refractivity contribution in [1.82, 2.24) is 10.2 Å². The van der Waals surface area contributed by atoms with Crippen LogP contribution in [0.5, 0.6) is 17.2 Å². The molecule has 1 saturated carbocycles. The van der Waals surface area contributed by atoms with E-state index in [4.69, 9.17) is 25.8 Å². The number of hydrogen-bond donors (Lipinski definition) is 1. The number of sulfonamides is 1. The number of methoxy groups -OCH3 is 2.